The highest BCUT2D eigenvalue weighted by molar-refractivity contribution is 5.94. The normalized spacial score (nSPS) is 9.54. The summed E-state index contributed by atoms with van der Waals surface area (Å²) in [5, 5.41) is 20.5. The molecule has 0 aliphatic rings. The average molecular weight is 353 g/mol. The van der Waals surface area contributed by atoms with E-state index in [1.54, 1.807) is 0 Å². The number of aromatic carboxylic acids is 2. The van der Waals surface area contributed by atoms with Gasteiger partial charge in [-0.15, -0.1) is 0 Å². The summed E-state index contributed by atoms with van der Waals surface area (Å²) >= 11 is 0. The number of rotatable bonds is 5. The Morgan fingerprint density at radius 1 is 1.00 bits per heavy atom. The number of ether oxygens (including phenoxy) is 1. The van der Waals surface area contributed by atoms with Crippen LogP contribution in [0.1, 0.15) is 31.8 Å². The fourth-order valence-corrected chi connectivity index (χ4v) is 2.00. The molecule has 2 aromatic carbocycles. The average Bonchev–Trinajstić information content (AvgIpc) is 2.64. The Balaban J connectivity index is 1.94. The lowest BCUT2D eigenvalue weighted by Crippen LogP contribution is -2.24. The first kappa shape index (κ1) is 18.5. The minimum atomic E-state index is -1.22. The molecule has 0 aromatic heterocycles. The monoisotopic (exact) mass is 353 g/mol. The number of hydrogen-bond acceptors (Lipinski definition) is 4. The number of carbonyl (C=O) groups excluding carboxylic acids is 1. The van der Waals surface area contributed by atoms with Gasteiger partial charge in [0.15, 0.2) is 0 Å². The van der Waals surface area contributed by atoms with Gasteiger partial charge in [0.2, 0.25) is 0 Å². The standard InChI is InChI=1S/C19H15NO6/c21-17(22)15-8-9-16(18(23)24)14(11-15)7-4-10-20-19(25)26-12-13-5-2-1-3-6-13/h1-3,5-6,8-9,11H,10,12H2,(H,20,25)(H,21,22)(H,23,24). The van der Waals surface area contributed by atoms with E-state index in [0.29, 0.717) is 0 Å². The largest absolute Gasteiger partial charge is 0.478 e. The zero-order valence-electron chi connectivity index (χ0n) is 13.6. The molecule has 0 radical (unpaired) electrons. The maximum atomic E-state index is 11.6. The Hall–Kier alpha value is -3.79. The summed E-state index contributed by atoms with van der Waals surface area (Å²) in [4.78, 5) is 33.7. The summed E-state index contributed by atoms with van der Waals surface area (Å²) < 4.78 is 5.00. The van der Waals surface area contributed by atoms with E-state index in [9.17, 15) is 14.4 Å². The first-order valence-electron chi connectivity index (χ1n) is 7.51. The summed E-state index contributed by atoms with van der Waals surface area (Å²) in [6, 6.07) is 12.7. The topological polar surface area (TPSA) is 113 Å². The summed E-state index contributed by atoms with van der Waals surface area (Å²) in [6.45, 7) is 0.0356. The van der Waals surface area contributed by atoms with Crippen molar-refractivity contribution in [2.45, 2.75) is 6.61 Å². The highest BCUT2D eigenvalue weighted by Crippen LogP contribution is 2.11. The van der Waals surface area contributed by atoms with Crippen LogP contribution in [0.5, 0.6) is 0 Å². The van der Waals surface area contributed by atoms with Gasteiger partial charge in [-0.05, 0) is 23.8 Å². The lowest BCUT2D eigenvalue weighted by molar-refractivity contribution is 0.0681. The van der Waals surface area contributed by atoms with Gasteiger partial charge in [0.25, 0.3) is 0 Å². The van der Waals surface area contributed by atoms with Crippen LogP contribution in [-0.2, 0) is 11.3 Å². The number of carboxylic acids is 2. The lowest BCUT2D eigenvalue weighted by atomic mass is 10.0. The van der Waals surface area contributed by atoms with Crippen molar-refractivity contribution in [3.63, 3.8) is 0 Å². The van der Waals surface area contributed by atoms with E-state index in [1.807, 2.05) is 30.3 Å². The number of carboxylic acid groups (broad SMARTS) is 2. The molecular weight excluding hydrogens is 338 g/mol. The van der Waals surface area contributed by atoms with E-state index >= 15 is 0 Å². The third kappa shape index (κ3) is 5.39. The van der Waals surface area contributed by atoms with Crippen molar-refractivity contribution in [1.29, 1.82) is 0 Å². The smallest absolute Gasteiger partial charge is 0.408 e. The van der Waals surface area contributed by atoms with Crippen molar-refractivity contribution in [2.75, 3.05) is 6.54 Å². The van der Waals surface area contributed by atoms with E-state index in [2.05, 4.69) is 17.2 Å². The molecule has 0 saturated heterocycles. The number of amides is 1. The number of carbonyl (C=O) groups is 3. The van der Waals surface area contributed by atoms with Crippen LogP contribution in [0, 0.1) is 11.8 Å². The second-order valence-electron chi connectivity index (χ2n) is 5.09. The van der Waals surface area contributed by atoms with Crippen molar-refractivity contribution in [1.82, 2.24) is 5.32 Å². The molecule has 0 heterocycles. The zero-order chi connectivity index (χ0) is 18.9. The quantitative estimate of drug-likeness (QED) is 0.711. The second-order valence-corrected chi connectivity index (χ2v) is 5.09. The predicted molar refractivity (Wildman–Crippen MR) is 91.9 cm³/mol. The molecule has 0 saturated carbocycles. The Morgan fingerprint density at radius 2 is 1.73 bits per heavy atom. The molecule has 132 valence electrons. The van der Waals surface area contributed by atoms with Crippen molar-refractivity contribution in [2.24, 2.45) is 0 Å². The fraction of sp³-hybridized carbons (Fsp3) is 0.105. The van der Waals surface area contributed by atoms with Gasteiger partial charge < -0.3 is 20.3 Å². The van der Waals surface area contributed by atoms with Crippen LogP contribution in [0.2, 0.25) is 0 Å². The molecule has 2 aromatic rings. The van der Waals surface area contributed by atoms with E-state index in [0.717, 1.165) is 5.56 Å². The van der Waals surface area contributed by atoms with E-state index in [4.69, 9.17) is 14.9 Å². The van der Waals surface area contributed by atoms with Crippen molar-refractivity contribution in [3.05, 3.63) is 70.8 Å². The van der Waals surface area contributed by atoms with Crippen LogP contribution >= 0.6 is 0 Å². The number of nitrogens with one attached hydrogen (secondary N) is 1. The van der Waals surface area contributed by atoms with E-state index in [-0.39, 0.29) is 29.8 Å². The molecular formula is C19H15NO6. The molecule has 7 nitrogen and oxygen atoms in total. The number of benzene rings is 2. The molecule has 0 unspecified atom stereocenters. The maximum Gasteiger partial charge on any atom is 0.408 e. The minimum absolute atomic E-state index is 0.0526. The predicted octanol–water partition coefficient (Wildman–Crippen LogP) is 2.36. The van der Waals surface area contributed by atoms with Gasteiger partial charge in [-0.2, -0.15) is 0 Å². The first-order chi connectivity index (χ1) is 12.5. The van der Waals surface area contributed by atoms with Gasteiger partial charge in [0.1, 0.15) is 6.61 Å². The first-order valence-corrected chi connectivity index (χ1v) is 7.51. The van der Waals surface area contributed by atoms with Gasteiger partial charge in [0, 0.05) is 5.56 Å². The minimum Gasteiger partial charge on any atom is -0.478 e. The fourth-order valence-electron chi connectivity index (χ4n) is 2.00. The van der Waals surface area contributed by atoms with Crippen LogP contribution in [0.4, 0.5) is 4.79 Å². The highest BCUT2D eigenvalue weighted by atomic mass is 16.5. The third-order valence-electron chi connectivity index (χ3n) is 3.25. The van der Waals surface area contributed by atoms with Gasteiger partial charge >= 0.3 is 18.0 Å². The molecule has 26 heavy (non-hydrogen) atoms. The van der Waals surface area contributed by atoms with Crippen LogP contribution < -0.4 is 5.32 Å². The Morgan fingerprint density at radius 3 is 2.38 bits per heavy atom. The summed E-state index contributed by atoms with van der Waals surface area (Å²) in [7, 11) is 0. The molecule has 0 fully saturated rings. The number of hydrogen-bond donors (Lipinski definition) is 3. The lowest BCUT2D eigenvalue weighted by Gasteiger charge is -2.04. The van der Waals surface area contributed by atoms with Crippen molar-refractivity contribution in [3.8, 4) is 11.8 Å². The Labute approximate surface area is 149 Å². The summed E-state index contributed by atoms with van der Waals surface area (Å²) in [5.41, 5.74) is 0.700. The molecule has 0 aliphatic carbocycles. The molecule has 7 heteroatoms. The molecule has 0 bridgehead atoms. The Bertz CT molecular complexity index is 880. The van der Waals surface area contributed by atoms with Crippen LogP contribution in [0.15, 0.2) is 48.5 Å². The van der Waals surface area contributed by atoms with Crippen LogP contribution in [0.3, 0.4) is 0 Å². The van der Waals surface area contributed by atoms with E-state index < -0.39 is 18.0 Å². The van der Waals surface area contributed by atoms with Gasteiger partial charge in [-0.3, -0.25) is 0 Å². The molecule has 1 amide bonds. The molecule has 3 N–H and O–H groups in total. The molecule has 2 rings (SSSR count). The van der Waals surface area contributed by atoms with Gasteiger partial charge in [-0.1, -0.05) is 42.2 Å². The maximum absolute atomic E-state index is 11.6. The Kier molecular flexibility index (Phi) is 6.34. The van der Waals surface area contributed by atoms with E-state index in [1.165, 1.54) is 18.2 Å². The van der Waals surface area contributed by atoms with Crippen LogP contribution in [0.25, 0.3) is 0 Å². The molecule has 0 spiro atoms. The van der Waals surface area contributed by atoms with Gasteiger partial charge in [0.05, 0.1) is 17.7 Å². The highest BCUT2D eigenvalue weighted by Gasteiger charge is 2.12. The number of alkyl carbamates (subject to hydrolysis) is 1. The second kappa shape index (κ2) is 8.89. The SMILES string of the molecule is O=C(NCC#Cc1cc(C(=O)O)ccc1C(=O)O)OCc1ccccc1. The van der Waals surface area contributed by atoms with Crippen molar-refractivity contribution >= 4 is 18.0 Å². The molecule has 0 atom stereocenters. The third-order valence-corrected chi connectivity index (χ3v) is 3.25. The van der Waals surface area contributed by atoms with Crippen molar-refractivity contribution < 1.29 is 29.3 Å². The van der Waals surface area contributed by atoms with Gasteiger partial charge in [-0.25, -0.2) is 14.4 Å². The summed E-state index contributed by atoms with van der Waals surface area (Å²) in [5.74, 6) is 2.72. The summed E-state index contributed by atoms with van der Waals surface area (Å²) in [6.07, 6.45) is -0.666. The molecule has 0 aliphatic heterocycles. The van der Waals surface area contributed by atoms with Crippen LogP contribution in [-0.4, -0.2) is 34.8 Å². The zero-order valence-corrected chi connectivity index (χ0v) is 13.6.